The molecule has 0 spiro atoms. The zero-order valence-electron chi connectivity index (χ0n) is 8.76. The predicted octanol–water partition coefficient (Wildman–Crippen LogP) is 3.72. The summed E-state index contributed by atoms with van der Waals surface area (Å²) < 4.78 is 0.862. The number of carboxylic acids is 1. The van der Waals surface area contributed by atoms with Gasteiger partial charge in [0, 0.05) is 9.81 Å². The third-order valence-corrected chi connectivity index (χ3v) is 3.98. The van der Waals surface area contributed by atoms with E-state index in [1.165, 1.54) is 0 Å². The third kappa shape index (κ3) is 2.36. The molecule has 0 saturated heterocycles. The van der Waals surface area contributed by atoms with Gasteiger partial charge in [-0.1, -0.05) is 50.4 Å². The van der Waals surface area contributed by atoms with E-state index in [1.54, 1.807) is 0 Å². The lowest BCUT2D eigenvalue weighted by Gasteiger charge is -2.35. The van der Waals surface area contributed by atoms with Crippen LogP contribution < -0.4 is 0 Å². The van der Waals surface area contributed by atoms with Crippen LogP contribution in [0.4, 0.5) is 0 Å². The second-order valence-corrected chi connectivity index (χ2v) is 5.63. The third-order valence-electron chi connectivity index (χ3n) is 3.12. The van der Waals surface area contributed by atoms with Crippen molar-refractivity contribution in [3.05, 3.63) is 22.2 Å². The molecule has 0 amide bonds. The van der Waals surface area contributed by atoms with Gasteiger partial charge in [0.15, 0.2) is 0 Å². The molecule has 0 aromatic carbocycles. The van der Waals surface area contributed by atoms with Crippen LogP contribution in [0.1, 0.15) is 20.3 Å². The molecule has 0 bridgehead atoms. The molecule has 1 aliphatic carbocycles. The Balaban J connectivity index is 3.19. The van der Waals surface area contributed by atoms with Gasteiger partial charge in [0.1, 0.15) is 0 Å². The van der Waals surface area contributed by atoms with Crippen LogP contribution in [0.2, 0.25) is 0 Å². The molecule has 0 fully saturated rings. The number of hydrogen-bond acceptors (Lipinski definition) is 1. The van der Waals surface area contributed by atoms with Gasteiger partial charge in [-0.3, -0.25) is 4.79 Å². The Bertz CT molecular complexity index is 333. The van der Waals surface area contributed by atoms with Crippen LogP contribution in [0.3, 0.4) is 0 Å². The lowest BCUT2D eigenvalue weighted by molar-refractivity contribution is -0.148. The smallest absolute Gasteiger partial charge is 0.314 e. The molecule has 84 valence electrons. The molecule has 0 saturated carbocycles. The fraction of sp³-hybridized carbons (Fsp3) is 0.545. The number of carboxylic acid groups (broad SMARTS) is 1. The molecule has 1 N–H and O–H groups in total. The summed E-state index contributed by atoms with van der Waals surface area (Å²) in [5.41, 5.74) is 0.328. The molecular weight excluding hydrogens is 324 g/mol. The lowest BCUT2D eigenvalue weighted by atomic mass is 9.69. The highest BCUT2D eigenvalue weighted by Crippen LogP contribution is 2.44. The summed E-state index contributed by atoms with van der Waals surface area (Å²) in [5.74, 6) is -0.715. The predicted molar refractivity (Wildman–Crippen MR) is 68.4 cm³/mol. The quantitative estimate of drug-likeness (QED) is 0.797. The number of rotatable bonds is 3. The summed E-state index contributed by atoms with van der Waals surface area (Å²) in [5, 5.41) is 10.1. The fourth-order valence-corrected chi connectivity index (χ4v) is 3.39. The zero-order chi connectivity index (χ0) is 11.6. The van der Waals surface area contributed by atoms with Crippen LogP contribution in [0.5, 0.6) is 0 Å². The van der Waals surface area contributed by atoms with E-state index >= 15 is 0 Å². The molecule has 0 radical (unpaired) electrons. The molecule has 0 aliphatic heterocycles. The normalized spacial score (nSPS) is 30.8. The number of carbonyl (C=O) groups is 1. The van der Waals surface area contributed by atoms with E-state index in [0.29, 0.717) is 11.8 Å². The average Bonchev–Trinajstić information content (AvgIpc) is 2.13. The van der Waals surface area contributed by atoms with Crippen molar-refractivity contribution in [3.8, 4) is 0 Å². The molecule has 0 heterocycles. The number of halogens is 2. The minimum absolute atomic E-state index is 0.0360. The van der Waals surface area contributed by atoms with E-state index in [0.717, 1.165) is 10.1 Å². The SMILES string of the molecule is CC1=CC(Br)=CC(CCBr)(C(=O)O)C1C. The molecule has 2 unspecified atom stereocenters. The van der Waals surface area contributed by atoms with Crippen molar-refractivity contribution in [2.75, 3.05) is 5.33 Å². The van der Waals surface area contributed by atoms with Gasteiger partial charge in [-0.2, -0.15) is 0 Å². The first-order valence-corrected chi connectivity index (χ1v) is 6.71. The summed E-state index contributed by atoms with van der Waals surface area (Å²) in [6.45, 7) is 3.95. The highest BCUT2D eigenvalue weighted by atomic mass is 79.9. The van der Waals surface area contributed by atoms with Crippen molar-refractivity contribution in [2.45, 2.75) is 20.3 Å². The number of aliphatic carboxylic acids is 1. The maximum Gasteiger partial charge on any atom is 0.314 e. The van der Waals surface area contributed by atoms with E-state index in [-0.39, 0.29) is 5.92 Å². The maximum atomic E-state index is 11.5. The molecule has 2 atom stereocenters. The van der Waals surface area contributed by atoms with Crippen molar-refractivity contribution in [1.29, 1.82) is 0 Å². The van der Waals surface area contributed by atoms with Gasteiger partial charge in [0.25, 0.3) is 0 Å². The summed E-state index contributed by atoms with van der Waals surface area (Å²) in [6, 6.07) is 0. The standard InChI is InChI=1S/C11H14Br2O2/c1-7-5-9(13)6-11(3-4-12,8(7)2)10(14)15/h5-6,8H,3-4H2,1-2H3,(H,14,15). The Kier molecular flexibility index (Phi) is 4.18. The summed E-state index contributed by atoms with van der Waals surface area (Å²) in [4.78, 5) is 11.5. The molecule has 0 aromatic rings. The van der Waals surface area contributed by atoms with E-state index < -0.39 is 11.4 Å². The Morgan fingerprint density at radius 1 is 1.67 bits per heavy atom. The van der Waals surface area contributed by atoms with Gasteiger partial charge in [-0.05, 0) is 25.3 Å². The summed E-state index contributed by atoms with van der Waals surface area (Å²) in [7, 11) is 0. The summed E-state index contributed by atoms with van der Waals surface area (Å²) >= 11 is 6.70. The molecule has 15 heavy (non-hydrogen) atoms. The van der Waals surface area contributed by atoms with E-state index in [1.807, 2.05) is 26.0 Å². The average molecular weight is 338 g/mol. The highest BCUT2D eigenvalue weighted by Gasteiger charge is 2.43. The van der Waals surface area contributed by atoms with E-state index in [9.17, 15) is 9.90 Å². The van der Waals surface area contributed by atoms with Crippen LogP contribution in [-0.4, -0.2) is 16.4 Å². The van der Waals surface area contributed by atoms with Gasteiger partial charge in [0.05, 0.1) is 5.41 Å². The van der Waals surface area contributed by atoms with Crippen LogP contribution in [0.25, 0.3) is 0 Å². The molecule has 4 heteroatoms. The topological polar surface area (TPSA) is 37.3 Å². The van der Waals surface area contributed by atoms with Gasteiger partial charge >= 0.3 is 5.97 Å². The minimum Gasteiger partial charge on any atom is -0.481 e. The minimum atomic E-state index is -0.777. The fourth-order valence-electron chi connectivity index (χ4n) is 1.96. The van der Waals surface area contributed by atoms with Crippen LogP contribution in [0, 0.1) is 11.3 Å². The lowest BCUT2D eigenvalue weighted by Crippen LogP contribution is -2.38. The molecule has 0 aromatic heterocycles. The van der Waals surface area contributed by atoms with Crippen molar-refractivity contribution in [2.24, 2.45) is 11.3 Å². The second kappa shape index (κ2) is 4.83. The monoisotopic (exact) mass is 336 g/mol. The first-order chi connectivity index (χ1) is 6.94. The first-order valence-electron chi connectivity index (χ1n) is 4.80. The highest BCUT2D eigenvalue weighted by molar-refractivity contribution is 9.11. The van der Waals surface area contributed by atoms with Crippen molar-refractivity contribution in [1.82, 2.24) is 0 Å². The van der Waals surface area contributed by atoms with Gasteiger partial charge in [0.2, 0.25) is 0 Å². The molecule has 2 nitrogen and oxygen atoms in total. The largest absolute Gasteiger partial charge is 0.481 e. The number of alkyl halides is 1. The molecular formula is C11H14Br2O2. The van der Waals surface area contributed by atoms with Gasteiger partial charge in [-0.25, -0.2) is 0 Å². The van der Waals surface area contributed by atoms with Crippen molar-refractivity contribution >= 4 is 37.8 Å². The first kappa shape index (κ1) is 13.0. The van der Waals surface area contributed by atoms with Crippen LogP contribution in [0.15, 0.2) is 22.2 Å². The van der Waals surface area contributed by atoms with Crippen LogP contribution >= 0.6 is 31.9 Å². The van der Waals surface area contributed by atoms with Crippen LogP contribution in [-0.2, 0) is 4.79 Å². The Hall–Kier alpha value is -0.0900. The molecule has 1 aliphatic rings. The number of hydrogen-bond donors (Lipinski definition) is 1. The molecule has 1 rings (SSSR count). The van der Waals surface area contributed by atoms with E-state index in [4.69, 9.17) is 0 Å². The Labute approximate surface area is 107 Å². The van der Waals surface area contributed by atoms with E-state index in [2.05, 4.69) is 31.9 Å². The number of allylic oxidation sites excluding steroid dienone is 3. The second-order valence-electron chi connectivity index (χ2n) is 3.92. The van der Waals surface area contributed by atoms with Gasteiger partial charge in [-0.15, -0.1) is 0 Å². The zero-order valence-corrected chi connectivity index (χ0v) is 11.9. The van der Waals surface area contributed by atoms with Gasteiger partial charge < -0.3 is 5.11 Å². The Morgan fingerprint density at radius 2 is 2.27 bits per heavy atom. The van der Waals surface area contributed by atoms with Crippen molar-refractivity contribution < 1.29 is 9.90 Å². The Morgan fingerprint density at radius 3 is 2.73 bits per heavy atom. The maximum absolute atomic E-state index is 11.5. The summed E-state index contributed by atoms with van der Waals surface area (Å²) in [6.07, 6.45) is 4.40. The van der Waals surface area contributed by atoms with Crippen molar-refractivity contribution in [3.63, 3.8) is 0 Å².